The number of nitrogen functional groups attached to an aromatic ring is 1. The number of rotatable bonds is 4. The number of aromatic amines is 1. The zero-order valence-corrected chi connectivity index (χ0v) is 11.8. The molecule has 0 unspecified atom stereocenters. The Bertz CT molecular complexity index is 786. The molecule has 1 amide bonds. The van der Waals surface area contributed by atoms with Crippen LogP contribution >= 0.6 is 0 Å². The van der Waals surface area contributed by atoms with Crippen molar-refractivity contribution in [3.63, 3.8) is 0 Å². The Labute approximate surface area is 120 Å². The molecule has 112 valence electrons. The van der Waals surface area contributed by atoms with E-state index in [1.807, 2.05) is 5.43 Å². The van der Waals surface area contributed by atoms with E-state index in [0.717, 1.165) is 18.3 Å². The Hall–Kier alpha value is -2.39. The second-order valence-electron chi connectivity index (χ2n) is 4.29. The molecule has 0 radical (unpaired) electrons. The minimum absolute atomic E-state index is 0.00806. The van der Waals surface area contributed by atoms with Crippen molar-refractivity contribution >= 4 is 21.6 Å². The molecule has 0 saturated carbocycles. The summed E-state index contributed by atoms with van der Waals surface area (Å²) in [5.74, 6) is 3.86. The van der Waals surface area contributed by atoms with Crippen molar-refractivity contribution in [2.45, 2.75) is 11.8 Å². The summed E-state index contributed by atoms with van der Waals surface area (Å²) >= 11 is 0. The van der Waals surface area contributed by atoms with Gasteiger partial charge in [0.1, 0.15) is 16.4 Å². The highest BCUT2D eigenvalue weighted by molar-refractivity contribution is 7.92. The number of sulfonamides is 1. The third-order valence-corrected chi connectivity index (χ3v) is 4.12. The van der Waals surface area contributed by atoms with E-state index in [1.54, 1.807) is 6.92 Å². The van der Waals surface area contributed by atoms with Crippen molar-refractivity contribution in [2.24, 2.45) is 5.84 Å². The number of nitrogens with one attached hydrogen (secondary N) is 3. The van der Waals surface area contributed by atoms with E-state index in [4.69, 9.17) is 5.84 Å². The molecule has 1 aromatic carbocycles. The molecular formula is C12H13FN4O3S. The first-order valence-electron chi connectivity index (χ1n) is 5.82. The summed E-state index contributed by atoms with van der Waals surface area (Å²) < 4.78 is 39.7. The van der Waals surface area contributed by atoms with Crippen LogP contribution in [-0.4, -0.2) is 19.3 Å². The van der Waals surface area contributed by atoms with Gasteiger partial charge in [-0.3, -0.25) is 14.9 Å². The normalized spacial score (nSPS) is 11.2. The highest BCUT2D eigenvalue weighted by Gasteiger charge is 2.19. The van der Waals surface area contributed by atoms with E-state index < -0.39 is 21.7 Å². The van der Waals surface area contributed by atoms with Crippen molar-refractivity contribution < 1.29 is 17.6 Å². The van der Waals surface area contributed by atoms with E-state index in [1.165, 1.54) is 12.1 Å². The van der Waals surface area contributed by atoms with Gasteiger partial charge >= 0.3 is 0 Å². The summed E-state index contributed by atoms with van der Waals surface area (Å²) in [4.78, 5) is 13.6. The number of hydrogen-bond donors (Lipinski definition) is 4. The minimum atomic E-state index is -3.89. The van der Waals surface area contributed by atoms with Gasteiger partial charge in [-0.05, 0) is 36.8 Å². The molecule has 0 aliphatic carbocycles. The maximum absolute atomic E-state index is 13.0. The smallest absolute Gasteiger partial charge is 0.281 e. The number of hydrogen-bond acceptors (Lipinski definition) is 4. The van der Waals surface area contributed by atoms with Crippen LogP contribution in [0.2, 0.25) is 0 Å². The first-order chi connectivity index (χ1) is 9.83. The molecule has 2 aromatic rings. The molecule has 0 aliphatic rings. The predicted octanol–water partition coefficient (Wildman–Crippen LogP) is 0.867. The van der Waals surface area contributed by atoms with Crippen LogP contribution in [0, 0.1) is 12.7 Å². The fourth-order valence-electron chi connectivity index (χ4n) is 1.68. The van der Waals surface area contributed by atoms with Crippen molar-refractivity contribution in [3.05, 3.63) is 47.5 Å². The van der Waals surface area contributed by atoms with Gasteiger partial charge in [-0.1, -0.05) is 0 Å². The third-order valence-electron chi connectivity index (χ3n) is 2.78. The first-order valence-corrected chi connectivity index (χ1v) is 7.30. The molecule has 0 atom stereocenters. The Morgan fingerprint density at radius 2 is 2.05 bits per heavy atom. The lowest BCUT2D eigenvalue weighted by Gasteiger charge is -2.09. The summed E-state index contributed by atoms with van der Waals surface area (Å²) in [6, 6.07) is 4.82. The number of halogens is 1. The summed E-state index contributed by atoms with van der Waals surface area (Å²) in [5, 5.41) is 0. The lowest BCUT2D eigenvalue weighted by Crippen LogP contribution is -2.30. The van der Waals surface area contributed by atoms with Gasteiger partial charge in [-0.15, -0.1) is 0 Å². The fourth-order valence-corrected chi connectivity index (χ4v) is 2.81. The molecular weight excluding hydrogens is 299 g/mol. The minimum Gasteiger partial charge on any atom is -0.356 e. The van der Waals surface area contributed by atoms with Crippen LogP contribution in [0.4, 0.5) is 10.1 Å². The number of benzene rings is 1. The van der Waals surface area contributed by atoms with Crippen molar-refractivity contribution in [3.8, 4) is 0 Å². The first kappa shape index (κ1) is 15.0. The van der Waals surface area contributed by atoms with Gasteiger partial charge < -0.3 is 4.98 Å². The van der Waals surface area contributed by atoms with Gasteiger partial charge in [-0.2, -0.15) is 0 Å². The Kier molecular flexibility index (Phi) is 3.96. The van der Waals surface area contributed by atoms with E-state index in [2.05, 4.69) is 9.71 Å². The molecule has 5 N–H and O–H groups in total. The monoisotopic (exact) mass is 312 g/mol. The SMILES string of the molecule is Cc1cc(F)ccc1NS(=O)(=O)c1c[nH]c(C(=O)NN)c1. The van der Waals surface area contributed by atoms with Crippen LogP contribution in [0.15, 0.2) is 35.4 Å². The van der Waals surface area contributed by atoms with Crippen molar-refractivity contribution in [1.82, 2.24) is 10.4 Å². The second-order valence-corrected chi connectivity index (χ2v) is 5.97. The molecule has 1 heterocycles. The average Bonchev–Trinajstić information content (AvgIpc) is 2.91. The van der Waals surface area contributed by atoms with Crippen molar-refractivity contribution in [1.29, 1.82) is 0 Å². The maximum Gasteiger partial charge on any atom is 0.281 e. The van der Waals surface area contributed by atoms with Crippen LogP contribution in [-0.2, 0) is 10.0 Å². The predicted molar refractivity (Wildman–Crippen MR) is 74.4 cm³/mol. The molecule has 0 bridgehead atoms. The van der Waals surface area contributed by atoms with Crippen LogP contribution in [0.3, 0.4) is 0 Å². The van der Waals surface area contributed by atoms with E-state index in [-0.39, 0.29) is 16.3 Å². The van der Waals surface area contributed by atoms with Gasteiger partial charge in [0, 0.05) is 6.20 Å². The Morgan fingerprint density at radius 1 is 1.33 bits per heavy atom. The Morgan fingerprint density at radius 3 is 2.67 bits per heavy atom. The molecule has 2 rings (SSSR count). The zero-order valence-electron chi connectivity index (χ0n) is 11.0. The highest BCUT2D eigenvalue weighted by atomic mass is 32.2. The van der Waals surface area contributed by atoms with E-state index in [9.17, 15) is 17.6 Å². The van der Waals surface area contributed by atoms with Gasteiger partial charge in [-0.25, -0.2) is 18.7 Å². The lowest BCUT2D eigenvalue weighted by atomic mass is 10.2. The van der Waals surface area contributed by atoms with Crippen LogP contribution in [0.5, 0.6) is 0 Å². The molecule has 1 aromatic heterocycles. The number of H-pyrrole nitrogens is 1. The maximum atomic E-state index is 13.0. The molecule has 9 heteroatoms. The number of aromatic nitrogens is 1. The lowest BCUT2D eigenvalue weighted by molar-refractivity contribution is 0.0949. The third kappa shape index (κ3) is 3.20. The van der Waals surface area contributed by atoms with Crippen LogP contribution in [0.25, 0.3) is 0 Å². The number of nitrogens with two attached hydrogens (primary N) is 1. The topological polar surface area (TPSA) is 117 Å². The van der Waals surface area contributed by atoms with Crippen LogP contribution in [0.1, 0.15) is 16.1 Å². The fraction of sp³-hybridized carbons (Fsp3) is 0.0833. The van der Waals surface area contributed by atoms with Crippen molar-refractivity contribution in [2.75, 3.05) is 4.72 Å². The largest absolute Gasteiger partial charge is 0.356 e. The molecule has 0 spiro atoms. The van der Waals surface area contributed by atoms with Crippen LogP contribution < -0.4 is 16.0 Å². The highest BCUT2D eigenvalue weighted by Crippen LogP contribution is 2.20. The quantitative estimate of drug-likeness (QED) is 0.380. The molecule has 0 aliphatic heterocycles. The summed E-state index contributed by atoms with van der Waals surface area (Å²) in [7, 11) is -3.89. The summed E-state index contributed by atoms with van der Waals surface area (Å²) in [6.45, 7) is 1.57. The molecule has 21 heavy (non-hydrogen) atoms. The van der Waals surface area contributed by atoms with Gasteiger partial charge in [0.15, 0.2) is 0 Å². The number of carbonyl (C=O) groups is 1. The van der Waals surface area contributed by atoms with Gasteiger partial charge in [0.2, 0.25) is 0 Å². The van der Waals surface area contributed by atoms with Gasteiger partial charge in [0.25, 0.3) is 15.9 Å². The molecule has 0 fully saturated rings. The van der Waals surface area contributed by atoms with Gasteiger partial charge in [0.05, 0.1) is 5.69 Å². The zero-order chi connectivity index (χ0) is 15.6. The number of carbonyl (C=O) groups excluding carboxylic acids is 1. The number of anilines is 1. The number of aryl methyl sites for hydroxylation is 1. The molecule has 0 saturated heterocycles. The Balaban J connectivity index is 2.30. The second kappa shape index (κ2) is 5.54. The average molecular weight is 312 g/mol. The summed E-state index contributed by atoms with van der Waals surface area (Å²) in [6.07, 6.45) is 1.16. The van der Waals surface area contributed by atoms with E-state index in [0.29, 0.717) is 5.56 Å². The number of amides is 1. The van der Waals surface area contributed by atoms with E-state index >= 15 is 0 Å². The molecule has 7 nitrogen and oxygen atoms in total. The summed E-state index contributed by atoms with van der Waals surface area (Å²) in [5.41, 5.74) is 2.58. The number of hydrazine groups is 1. The standard InChI is InChI=1S/C12H13FN4O3S/c1-7-4-8(13)2-3-10(7)17-21(19,20)9-5-11(15-6-9)12(18)16-14/h2-6,15,17H,14H2,1H3,(H,16,18).